The van der Waals surface area contributed by atoms with Gasteiger partial charge in [0.15, 0.2) is 0 Å². The Morgan fingerprint density at radius 2 is 1.40 bits per heavy atom. The predicted octanol–water partition coefficient (Wildman–Crippen LogP) is 2.77. The summed E-state index contributed by atoms with van der Waals surface area (Å²) in [6.07, 6.45) is 0. The molecule has 0 atom stereocenters. The third-order valence-electron chi connectivity index (χ3n) is 1.55. The number of aryl methyl sites for hydroxylation is 1. The van der Waals surface area contributed by atoms with E-state index in [9.17, 15) is 0 Å². The molecule has 0 aliphatic rings. The van der Waals surface area contributed by atoms with Crippen molar-refractivity contribution in [3.8, 4) is 0 Å². The number of hydrogen-bond donors (Lipinski definition) is 0. The van der Waals surface area contributed by atoms with Crippen molar-refractivity contribution in [2.24, 2.45) is 0 Å². The summed E-state index contributed by atoms with van der Waals surface area (Å²) in [6.45, 7) is 2.10. The quantitative estimate of drug-likeness (QED) is 0.736. The Balaban J connectivity index is 0.000000336. The Hall–Kier alpha value is -0.450. The molecule has 0 bridgehead atoms. The van der Waals surface area contributed by atoms with Gasteiger partial charge in [-0.05, 0) is 19.1 Å². The summed E-state index contributed by atoms with van der Waals surface area (Å²) in [5.74, 6) is 0. The van der Waals surface area contributed by atoms with Crippen molar-refractivity contribution < 1.29 is 8.42 Å². The minimum Gasteiger partial charge on any atom is -0.378 e. The van der Waals surface area contributed by atoms with E-state index in [1.165, 1.54) is 11.3 Å². The summed E-state index contributed by atoms with van der Waals surface area (Å²) in [7, 11) is 8.91. The highest BCUT2D eigenvalue weighted by Crippen LogP contribution is 2.10. The van der Waals surface area contributed by atoms with Crippen molar-refractivity contribution in [3.05, 3.63) is 29.8 Å². The molecule has 1 rings (SSSR count). The van der Waals surface area contributed by atoms with Crippen molar-refractivity contribution in [3.63, 3.8) is 0 Å². The van der Waals surface area contributed by atoms with Crippen LogP contribution in [0, 0.1) is 6.92 Å². The van der Waals surface area contributed by atoms with E-state index in [4.69, 9.17) is 8.42 Å². The zero-order chi connectivity index (χ0) is 12.1. The lowest BCUT2D eigenvalue weighted by Crippen LogP contribution is -2.07. The number of hydrogen-bond acceptors (Lipinski definition) is 3. The van der Waals surface area contributed by atoms with Crippen LogP contribution in [0.2, 0.25) is 0 Å². The van der Waals surface area contributed by atoms with Crippen LogP contribution < -0.4 is 4.90 Å². The fraction of sp³-hybridized carbons (Fsp3) is 0.333. The molecule has 3 nitrogen and oxygen atoms in total. The Morgan fingerprint density at radius 1 is 1.07 bits per heavy atom. The smallest absolute Gasteiger partial charge is 0.317 e. The van der Waals surface area contributed by atoms with Crippen molar-refractivity contribution in [2.45, 2.75) is 6.92 Å². The van der Waals surface area contributed by atoms with Gasteiger partial charge >= 0.3 is 8.26 Å². The number of nitrogens with zero attached hydrogens (tertiary/aromatic N) is 1. The van der Waals surface area contributed by atoms with E-state index in [1.54, 1.807) is 0 Å². The van der Waals surface area contributed by atoms with Crippen LogP contribution >= 0.6 is 21.4 Å². The summed E-state index contributed by atoms with van der Waals surface area (Å²) in [6, 6.07) is 8.48. The number of anilines is 1. The molecule has 0 radical (unpaired) electrons. The minimum atomic E-state index is -3.72. The van der Waals surface area contributed by atoms with Gasteiger partial charge in [-0.1, -0.05) is 17.7 Å². The molecular weight excluding hydrogens is 257 g/mol. The number of halogens is 2. The van der Waals surface area contributed by atoms with Crippen LogP contribution in [0.5, 0.6) is 0 Å². The number of rotatable bonds is 1. The van der Waals surface area contributed by atoms with Crippen LogP contribution in [0.15, 0.2) is 24.3 Å². The molecule has 0 aliphatic carbocycles. The van der Waals surface area contributed by atoms with Crippen LogP contribution in [0.4, 0.5) is 5.69 Å². The maximum atomic E-state index is 9.16. The highest BCUT2D eigenvalue weighted by Gasteiger charge is 1.90. The summed E-state index contributed by atoms with van der Waals surface area (Å²) >= 11 is 0. The van der Waals surface area contributed by atoms with Gasteiger partial charge in [0.25, 0.3) is 0 Å². The van der Waals surface area contributed by atoms with Crippen molar-refractivity contribution in [1.82, 2.24) is 0 Å². The first-order chi connectivity index (χ1) is 6.70. The Labute approximate surface area is 99.5 Å². The van der Waals surface area contributed by atoms with Gasteiger partial charge in [-0.3, -0.25) is 0 Å². The zero-order valence-corrected chi connectivity index (χ0v) is 11.1. The second-order valence-electron chi connectivity index (χ2n) is 3.11. The number of benzene rings is 1. The van der Waals surface area contributed by atoms with Crippen molar-refractivity contribution >= 4 is 35.3 Å². The topological polar surface area (TPSA) is 37.4 Å². The monoisotopic (exact) mass is 269 g/mol. The molecule has 0 fully saturated rings. The molecule has 0 amide bonds. The fourth-order valence-electron chi connectivity index (χ4n) is 0.843. The molecule has 0 saturated heterocycles. The molecule has 0 aromatic heterocycles. The first-order valence-electron chi connectivity index (χ1n) is 4.08. The normalized spacial score (nSPS) is 10.2. The van der Waals surface area contributed by atoms with E-state index in [0.717, 1.165) is 0 Å². The molecular formula is C9H13Cl2NO2S. The standard InChI is InChI=1S/C9H13N.Cl2O2S/c1-8-4-6-9(7-5-8)10(2)3;1-5(2,3)4/h4-7H,1-3H3;. The highest BCUT2D eigenvalue weighted by molar-refractivity contribution is 8.31. The van der Waals surface area contributed by atoms with Crippen LogP contribution in [0.3, 0.4) is 0 Å². The van der Waals surface area contributed by atoms with Crippen LogP contribution in [0.1, 0.15) is 5.56 Å². The molecule has 6 heteroatoms. The molecule has 0 unspecified atom stereocenters. The van der Waals surface area contributed by atoms with E-state index in [2.05, 4.69) is 57.5 Å². The van der Waals surface area contributed by atoms with Gasteiger partial charge in [-0.25, -0.2) is 0 Å². The third kappa shape index (κ3) is 9.85. The Bertz CT molecular complexity index is 379. The van der Waals surface area contributed by atoms with Crippen molar-refractivity contribution in [2.75, 3.05) is 19.0 Å². The average molecular weight is 270 g/mol. The molecule has 15 heavy (non-hydrogen) atoms. The SMILES string of the molecule is Cc1ccc(N(C)C)cc1.O=S(=O)(Cl)Cl. The minimum absolute atomic E-state index is 1.26. The van der Waals surface area contributed by atoms with Gasteiger partial charge in [0, 0.05) is 41.1 Å². The fourth-order valence-corrected chi connectivity index (χ4v) is 0.843. The van der Waals surface area contributed by atoms with E-state index in [1.807, 2.05) is 14.1 Å². The average Bonchev–Trinajstić information content (AvgIpc) is 2.01. The van der Waals surface area contributed by atoms with Gasteiger partial charge in [0.05, 0.1) is 0 Å². The Kier molecular flexibility index (Phi) is 6.02. The van der Waals surface area contributed by atoms with Crippen LogP contribution in [0.25, 0.3) is 0 Å². The highest BCUT2D eigenvalue weighted by atomic mass is 36.0. The van der Waals surface area contributed by atoms with Gasteiger partial charge in [-0.15, -0.1) is 0 Å². The lowest BCUT2D eigenvalue weighted by Gasteiger charge is -2.11. The predicted molar refractivity (Wildman–Crippen MR) is 66.1 cm³/mol. The summed E-state index contributed by atoms with van der Waals surface area (Å²) in [5, 5.41) is 0. The van der Waals surface area contributed by atoms with Crippen LogP contribution in [-0.2, 0) is 8.26 Å². The second kappa shape index (κ2) is 6.20. The van der Waals surface area contributed by atoms with Gasteiger partial charge < -0.3 is 4.90 Å². The van der Waals surface area contributed by atoms with Gasteiger partial charge in [-0.2, -0.15) is 8.42 Å². The molecule has 0 aliphatic heterocycles. The van der Waals surface area contributed by atoms with Gasteiger partial charge in [0.1, 0.15) is 0 Å². The third-order valence-corrected chi connectivity index (χ3v) is 1.55. The second-order valence-corrected chi connectivity index (χ2v) is 6.78. The first-order valence-corrected chi connectivity index (χ1v) is 7.22. The summed E-state index contributed by atoms with van der Waals surface area (Å²) in [4.78, 5) is 2.10. The molecule has 1 aromatic carbocycles. The largest absolute Gasteiger partial charge is 0.378 e. The lowest BCUT2D eigenvalue weighted by atomic mass is 10.2. The molecule has 0 saturated carbocycles. The first kappa shape index (κ1) is 14.6. The molecule has 1 aromatic rings. The molecule has 86 valence electrons. The van der Waals surface area contributed by atoms with Gasteiger partial charge in [0.2, 0.25) is 0 Å². The van der Waals surface area contributed by atoms with Crippen molar-refractivity contribution in [1.29, 1.82) is 0 Å². The maximum absolute atomic E-state index is 9.16. The van der Waals surface area contributed by atoms with E-state index in [0.29, 0.717) is 0 Å². The zero-order valence-electron chi connectivity index (χ0n) is 8.74. The summed E-state index contributed by atoms with van der Waals surface area (Å²) in [5.41, 5.74) is 2.57. The Morgan fingerprint density at radius 3 is 1.67 bits per heavy atom. The maximum Gasteiger partial charge on any atom is 0.317 e. The molecule has 0 spiro atoms. The van der Waals surface area contributed by atoms with E-state index >= 15 is 0 Å². The van der Waals surface area contributed by atoms with E-state index < -0.39 is 8.26 Å². The molecule has 0 heterocycles. The lowest BCUT2D eigenvalue weighted by molar-refractivity contribution is 0.621. The summed E-state index contributed by atoms with van der Waals surface area (Å²) < 4.78 is 18.3. The van der Waals surface area contributed by atoms with E-state index in [-0.39, 0.29) is 0 Å². The molecule has 0 N–H and O–H groups in total. The van der Waals surface area contributed by atoms with Crippen LogP contribution in [-0.4, -0.2) is 22.5 Å².